The van der Waals surface area contributed by atoms with Gasteiger partial charge in [-0.25, -0.2) is 0 Å². The summed E-state index contributed by atoms with van der Waals surface area (Å²) in [5, 5.41) is 0. The molecule has 0 aliphatic heterocycles. The Morgan fingerprint density at radius 1 is 1.42 bits per heavy atom. The van der Waals surface area contributed by atoms with Gasteiger partial charge in [0.25, 0.3) is 0 Å². The van der Waals surface area contributed by atoms with Crippen LogP contribution in [0.15, 0.2) is 23.3 Å². The first-order chi connectivity index (χ1) is 5.61. The van der Waals surface area contributed by atoms with Crippen LogP contribution in [0.25, 0.3) is 0 Å². The van der Waals surface area contributed by atoms with E-state index in [1.807, 2.05) is 12.2 Å². The van der Waals surface area contributed by atoms with Crippen molar-refractivity contribution in [1.29, 1.82) is 0 Å². The van der Waals surface area contributed by atoms with E-state index in [1.54, 1.807) is 0 Å². The second-order valence-electron chi connectivity index (χ2n) is 3.17. The van der Waals surface area contributed by atoms with E-state index >= 15 is 0 Å². The zero-order valence-electron chi connectivity index (χ0n) is 6.44. The number of halogens is 2. The lowest BCUT2D eigenvalue weighted by atomic mass is 10.0. The van der Waals surface area contributed by atoms with Gasteiger partial charge in [-0.2, -0.15) is 0 Å². The third-order valence-electron chi connectivity index (χ3n) is 2.29. The Balaban J connectivity index is 2.39. The van der Waals surface area contributed by atoms with E-state index in [0.717, 1.165) is 24.0 Å². The molecule has 0 amide bonds. The SMILES string of the molecule is O=C1C2=C(CCC=C2)CC1(Cl)Cl. The second kappa shape index (κ2) is 2.61. The quantitative estimate of drug-likeness (QED) is 0.553. The fraction of sp³-hybridized carbons (Fsp3) is 0.444. The summed E-state index contributed by atoms with van der Waals surface area (Å²) < 4.78 is -1.18. The van der Waals surface area contributed by atoms with Crippen LogP contribution in [0.3, 0.4) is 0 Å². The van der Waals surface area contributed by atoms with Gasteiger partial charge in [0.2, 0.25) is 0 Å². The molecular formula is C9H8Cl2O. The van der Waals surface area contributed by atoms with E-state index < -0.39 is 4.33 Å². The first-order valence-electron chi connectivity index (χ1n) is 3.92. The fourth-order valence-electron chi connectivity index (χ4n) is 1.68. The molecule has 0 fully saturated rings. The topological polar surface area (TPSA) is 17.1 Å². The molecule has 2 aliphatic carbocycles. The van der Waals surface area contributed by atoms with Gasteiger partial charge in [-0.15, -0.1) is 0 Å². The molecule has 64 valence electrons. The molecule has 0 bridgehead atoms. The number of hydrogen-bond donors (Lipinski definition) is 0. The number of carbonyl (C=O) groups excluding carboxylic acids is 1. The number of ketones is 1. The average molecular weight is 203 g/mol. The highest BCUT2D eigenvalue weighted by Gasteiger charge is 2.43. The van der Waals surface area contributed by atoms with Gasteiger partial charge in [-0.05, 0) is 12.8 Å². The molecule has 0 aromatic rings. The van der Waals surface area contributed by atoms with Crippen LogP contribution in [0, 0.1) is 0 Å². The van der Waals surface area contributed by atoms with E-state index in [9.17, 15) is 4.79 Å². The fourth-order valence-corrected chi connectivity index (χ4v) is 2.20. The maximum atomic E-state index is 11.5. The largest absolute Gasteiger partial charge is 0.291 e. The van der Waals surface area contributed by atoms with Crippen molar-refractivity contribution in [3.63, 3.8) is 0 Å². The smallest absolute Gasteiger partial charge is 0.199 e. The summed E-state index contributed by atoms with van der Waals surface area (Å²) in [6.45, 7) is 0. The normalized spacial score (nSPS) is 26.3. The summed E-state index contributed by atoms with van der Waals surface area (Å²) >= 11 is 11.7. The van der Waals surface area contributed by atoms with Crippen molar-refractivity contribution >= 4 is 29.0 Å². The van der Waals surface area contributed by atoms with Crippen molar-refractivity contribution < 1.29 is 4.79 Å². The van der Waals surface area contributed by atoms with E-state index in [4.69, 9.17) is 23.2 Å². The molecule has 0 heterocycles. The highest BCUT2D eigenvalue weighted by atomic mass is 35.5. The van der Waals surface area contributed by atoms with E-state index in [1.165, 1.54) is 0 Å². The van der Waals surface area contributed by atoms with Gasteiger partial charge in [-0.1, -0.05) is 40.9 Å². The van der Waals surface area contributed by atoms with Crippen LogP contribution < -0.4 is 0 Å². The molecule has 2 rings (SSSR count). The Bertz CT molecular complexity index is 300. The van der Waals surface area contributed by atoms with Crippen molar-refractivity contribution in [2.24, 2.45) is 0 Å². The van der Waals surface area contributed by atoms with E-state index in [0.29, 0.717) is 6.42 Å². The van der Waals surface area contributed by atoms with Crippen LogP contribution in [0.5, 0.6) is 0 Å². The lowest BCUT2D eigenvalue weighted by Crippen LogP contribution is -2.20. The summed E-state index contributed by atoms with van der Waals surface area (Å²) in [5.41, 5.74) is 1.86. The molecule has 0 unspecified atom stereocenters. The Kier molecular flexibility index (Phi) is 1.81. The van der Waals surface area contributed by atoms with Gasteiger partial charge in [0.15, 0.2) is 10.1 Å². The molecule has 12 heavy (non-hydrogen) atoms. The highest BCUT2D eigenvalue weighted by Crippen LogP contribution is 2.43. The molecule has 0 spiro atoms. The molecule has 0 aromatic heterocycles. The molecule has 0 radical (unpaired) electrons. The van der Waals surface area contributed by atoms with E-state index in [2.05, 4.69) is 0 Å². The van der Waals surface area contributed by atoms with Crippen molar-refractivity contribution in [3.8, 4) is 0 Å². The number of carbonyl (C=O) groups is 1. The molecular weight excluding hydrogens is 195 g/mol. The summed E-state index contributed by atoms with van der Waals surface area (Å²) in [5.74, 6) is -0.128. The number of rotatable bonds is 0. The average Bonchev–Trinajstić information content (AvgIpc) is 2.24. The Morgan fingerprint density at radius 3 is 2.83 bits per heavy atom. The predicted octanol–water partition coefficient (Wildman–Crippen LogP) is 2.78. The number of allylic oxidation sites excluding steroid dienone is 4. The minimum atomic E-state index is -1.18. The van der Waals surface area contributed by atoms with Gasteiger partial charge >= 0.3 is 0 Å². The Morgan fingerprint density at radius 2 is 2.17 bits per heavy atom. The first kappa shape index (κ1) is 8.33. The van der Waals surface area contributed by atoms with Crippen molar-refractivity contribution in [1.82, 2.24) is 0 Å². The van der Waals surface area contributed by atoms with Crippen molar-refractivity contribution in [2.45, 2.75) is 23.6 Å². The lowest BCUT2D eigenvalue weighted by Gasteiger charge is -2.08. The second-order valence-corrected chi connectivity index (χ2v) is 4.65. The zero-order chi connectivity index (χ0) is 8.77. The Hall–Kier alpha value is -0.270. The van der Waals surface area contributed by atoms with Gasteiger partial charge in [-0.3, -0.25) is 4.79 Å². The van der Waals surface area contributed by atoms with Gasteiger partial charge < -0.3 is 0 Å². The Labute approximate surface area is 81.0 Å². The summed E-state index contributed by atoms with van der Waals surface area (Å²) in [6.07, 6.45) is 6.27. The lowest BCUT2D eigenvalue weighted by molar-refractivity contribution is -0.115. The van der Waals surface area contributed by atoms with Crippen LogP contribution in [0.2, 0.25) is 0 Å². The third kappa shape index (κ3) is 1.12. The monoisotopic (exact) mass is 202 g/mol. The summed E-state index contributed by atoms with van der Waals surface area (Å²) in [7, 11) is 0. The van der Waals surface area contributed by atoms with Gasteiger partial charge in [0.05, 0.1) is 0 Å². The molecule has 0 saturated carbocycles. The van der Waals surface area contributed by atoms with E-state index in [-0.39, 0.29) is 5.78 Å². The maximum absolute atomic E-state index is 11.5. The van der Waals surface area contributed by atoms with Crippen LogP contribution in [-0.4, -0.2) is 10.1 Å². The van der Waals surface area contributed by atoms with Crippen LogP contribution in [0.4, 0.5) is 0 Å². The molecule has 3 heteroatoms. The first-order valence-corrected chi connectivity index (χ1v) is 4.68. The van der Waals surface area contributed by atoms with Crippen molar-refractivity contribution in [3.05, 3.63) is 23.3 Å². The molecule has 2 aliphatic rings. The van der Waals surface area contributed by atoms with Crippen LogP contribution in [0.1, 0.15) is 19.3 Å². The third-order valence-corrected chi connectivity index (χ3v) is 2.90. The molecule has 0 saturated heterocycles. The summed E-state index contributed by atoms with van der Waals surface area (Å²) in [4.78, 5) is 11.5. The molecule has 1 nitrogen and oxygen atoms in total. The highest BCUT2D eigenvalue weighted by molar-refractivity contribution is 6.61. The standard InChI is InChI=1S/C9H8Cl2O/c10-9(11)5-6-3-1-2-4-7(6)8(9)12/h2,4H,1,3,5H2. The minimum absolute atomic E-state index is 0.128. The number of hydrogen-bond acceptors (Lipinski definition) is 1. The van der Waals surface area contributed by atoms with Crippen molar-refractivity contribution in [2.75, 3.05) is 0 Å². The van der Waals surface area contributed by atoms with Crippen LogP contribution >= 0.6 is 23.2 Å². The van der Waals surface area contributed by atoms with Gasteiger partial charge in [0.1, 0.15) is 0 Å². The van der Waals surface area contributed by atoms with Crippen LogP contribution in [-0.2, 0) is 4.79 Å². The van der Waals surface area contributed by atoms with Gasteiger partial charge in [0, 0.05) is 12.0 Å². The number of Topliss-reactive ketones (excluding diaryl/α,β-unsaturated/α-hetero) is 1. The predicted molar refractivity (Wildman–Crippen MR) is 49.5 cm³/mol. The number of alkyl halides is 2. The maximum Gasteiger partial charge on any atom is 0.199 e. The minimum Gasteiger partial charge on any atom is -0.291 e. The molecule has 0 aromatic carbocycles. The summed E-state index contributed by atoms with van der Waals surface area (Å²) in [6, 6.07) is 0. The zero-order valence-corrected chi connectivity index (χ0v) is 7.95. The molecule has 0 N–H and O–H groups in total. The molecule has 0 atom stereocenters.